The van der Waals surface area contributed by atoms with Gasteiger partial charge < -0.3 is 10.6 Å². The number of hydrogen-bond acceptors (Lipinski definition) is 2. The average molecular weight is 367 g/mol. The zero-order chi connectivity index (χ0) is 17.7. The molecule has 1 aromatic rings. The third-order valence-electron chi connectivity index (χ3n) is 4.21. The summed E-state index contributed by atoms with van der Waals surface area (Å²) in [4.78, 5) is 17.8. The number of amidine groups is 1. The lowest BCUT2D eigenvalue weighted by atomic mass is 9.89. The summed E-state index contributed by atoms with van der Waals surface area (Å²) < 4.78 is 0. The molecule has 3 N–H and O–H groups in total. The van der Waals surface area contributed by atoms with E-state index in [1.807, 2.05) is 12.1 Å². The van der Waals surface area contributed by atoms with Crippen molar-refractivity contribution in [3.8, 4) is 0 Å². The summed E-state index contributed by atoms with van der Waals surface area (Å²) >= 11 is 11.0. The Hall–Kier alpha value is -1.66. The largest absolute Gasteiger partial charge is 0.387 e. The highest BCUT2D eigenvalue weighted by Gasteiger charge is 2.23. The van der Waals surface area contributed by atoms with Crippen molar-refractivity contribution in [2.75, 3.05) is 13.1 Å². The number of rotatable bonds is 2. The van der Waals surface area contributed by atoms with Crippen LogP contribution in [0.4, 0.5) is 4.79 Å². The minimum absolute atomic E-state index is 0.110. The van der Waals surface area contributed by atoms with E-state index >= 15 is 0 Å². The molecular formula is C17H23ClN4OS. The van der Waals surface area contributed by atoms with Gasteiger partial charge in [0.25, 0.3) is 0 Å². The number of nitrogens with zero attached hydrogens (tertiary/aromatic N) is 2. The molecule has 2 rings (SSSR count). The van der Waals surface area contributed by atoms with Crippen LogP contribution in [0.3, 0.4) is 0 Å². The van der Waals surface area contributed by atoms with Crippen LogP contribution in [0.2, 0.25) is 5.02 Å². The molecular weight excluding hydrogens is 344 g/mol. The third-order valence-corrected chi connectivity index (χ3v) is 4.64. The molecule has 0 aromatic heterocycles. The van der Waals surface area contributed by atoms with Crippen LogP contribution in [0.1, 0.15) is 30.9 Å². The van der Waals surface area contributed by atoms with Gasteiger partial charge >= 0.3 is 6.03 Å². The van der Waals surface area contributed by atoms with Crippen molar-refractivity contribution in [3.63, 3.8) is 0 Å². The van der Waals surface area contributed by atoms with Crippen LogP contribution in [-0.4, -0.2) is 35.0 Å². The standard InChI is InChI=1S/C17H23ClN4OS/c1-11-9-15(18)4-3-14(11)10-13-5-7-22(8-6-13)17(23)21-16(24)20-12(2)19/h3-4,9,13H,5-8,10H2,1-2H3,(H3,19,20,21,23,24). The minimum atomic E-state index is -0.203. The number of likely N-dealkylation sites (tertiary alicyclic amines) is 1. The Labute approximate surface area is 153 Å². The summed E-state index contributed by atoms with van der Waals surface area (Å²) in [6.07, 6.45) is 2.97. The van der Waals surface area contributed by atoms with Gasteiger partial charge in [-0.2, -0.15) is 0 Å². The van der Waals surface area contributed by atoms with Gasteiger partial charge in [0, 0.05) is 18.1 Å². The molecule has 1 aromatic carbocycles. The second kappa shape index (κ2) is 8.44. The smallest absolute Gasteiger partial charge is 0.323 e. The van der Waals surface area contributed by atoms with Gasteiger partial charge in [0.2, 0.25) is 5.11 Å². The molecule has 5 nitrogen and oxygen atoms in total. The first-order chi connectivity index (χ1) is 11.3. The normalized spacial score (nSPS) is 16.1. The molecule has 130 valence electrons. The van der Waals surface area contributed by atoms with E-state index in [0.717, 1.165) is 37.4 Å². The maximum absolute atomic E-state index is 12.1. The van der Waals surface area contributed by atoms with Crippen molar-refractivity contribution in [2.24, 2.45) is 16.6 Å². The zero-order valence-electron chi connectivity index (χ0n) is 14.0. The molecule has 1 fully saturated rings. The molecule has 24 heavy (non-hydrogen) atoms. The average Bonchev–Trinajstić information content (AvgIpc) is 2.50. The fourth-order valence-corrected chi connectivity index (χ4v) is 3.36. The van der Waals surface area contributed by atoms with Crippen molar-refractivity contribution in [1.82, 2.24) is 10.2 Å². The Bertz CT molecular complexity index is 650. The fraction of sp³-hybridized carbons (Fsp3) is 0.471. The first kappa shape index (κ1) is 18.7. The van der Waals surface area contributed by atoms with Crippen molar-refractivity contribution >= 4 is 40.8 Å². The quantitative estimate of drug-likeness (QED) is 0.479. The summed E-state index contributed by atoms with van der Waals surface area (Å²) in [7, 11) is 0. The molecule has 0 unspecified atom stereocenters. The second-order valence-corrected chi connectivity index (χ2v) is 7.02. The number of amides is 2. The van der Waals surface area contributed by atoms with E-state index in [1.54, 1.807) is 11.8 Å². The van der Waals surface area contributed by atoms with Gasteiger partial charge in [-0.1, -0.05) is 17.7 Å². The first-order valence-corrected chi connectivity index (χ1v) is 8.79. The lowest BCUT2D eigenvalue weighted by Gasteiger charge is -2.32. The van der Waals surface area contributed by atoms with E-state index in [-0.39, 0.29) is 11.1 Å². The highest BCUT2D eigenvalue weighted by atomic mass is 35.5. The van der Waals surface area contributed by atoms with Gasteiger partial charge in [0.1, 0.15) is 0 Å². The predicted octanol–water partition coefficient (Wildman–Crippen LogP) is 3.27. The molecule has 7 heteroatoms. The van der Waals surface area contributed by atoms with E-state index in [1.165, 1.54) is 11.1 Å². The Kier molecular flexibility index (Phi) is 6.57. The van der Waals surface area contributed by atoms with Crippen LogP contribution in [0.5, 0.6) is 0 Å². The van der Waals surface area contributed by atoms with Crippen molar-refractivity contribution in [1.29, 1.82) is 0 Å². The lowest BCUT2D eigenvalue weighted by Crippen LogP contribution is -2.46. The van der Waals surface area contributed by atoms with Crippen LogP contribution in [0.25, 0.3) is 0 Å². The van der Waals surface area contributed by atoms with Crippen LogP contribution >= 0.6 is 23.8 Å². The van der Waals surface area contributed by atoms with E-state index in [0.29, 0.717) is 11.8 Å². The molecule has 0 aliphatic carbocycles. The van der Waals surface area contributed by atoms with Crippen molar-refractivity contribution in [2.45, 2.75) is 33.1 Å². The van der Waals surface area contributed by atoms with Gasteiger partial charge in [-0.3, -0.25) is 5.32 Å². The molecule has 0 saturated carbocycles. The summed E-state index contributed by atoms with van der Waals surface area (Å²) in [5, 5.41) is 3.48. The SMILES string of the molecule is C/C(N)=N/C(=S)NC(=O)N1CCC(Cc2ccc(Cl)cc2C)CC1. The van der Waals surface area contributed by atoms with E-state index < -0.39 is 0 Å². The molecule has 0 bridgehead atoms. The Morgan fingerprint density at radius 3 is 2.71 bits per heavy atom. The van der Waals surface area contributed by atoms with Crippen LogP contribution in [0, 0.1) is 12.8 Å². The van der Waals surface area contributed by atoms with Crippen LogP contribution in [0.15, 0.2) is 23.2 Å². The summed E-state index contributed by atoms with van der Waals surface area (Å²) in [6.45, 7) is 5.15. The van der Waals surface area contributed by atoms with Crippen molar-refractivity contribution in [3.05, 3.63) is 34.3 Å². The van der Waals surface area contributed by atoms with Gasteiger partial charge in [-0.15, -0.1) is 0 Å². The van der Waals surface area contributed by atoms with Crippen LogP contribution in [-0.2, 0) is 6.42 Å². The van der Waals surface area contributed by atoms with Gasteiger partial charge in [0.05, 0.1) is 5.84 Å². The fourth-order valence-electron chi connectivity index (χ4n) is 2.90. The number of carbonyl (C=O) groups excluding carboxylic acids is 1. The lowest BCUT2D eigenvalue weighted by molar-refractivity contribution is 0.175. The second-order valence-electron chi connectivity index (χ2n) is 6.19. The number of piperidine rings is 1. The monoisotopic (exact) mass is 366 g/mol. The molecule has 2 amide bonds. The number of halogens is 1. The number of nitrogens with two attached hydrogens (primary N) is 1. The number of hydrogen-bond donors (Lipinski definition) is 2. The number of aryl methyl sites for hydroxylation is 1. The van der Waals surface area contributed by atoms with E-state index in [4.69, 9.17) is 29.6 Å². The topological polar surface area (TPSA) is 70.7 Å². The summed E-state index contributed by atoms with van der Waals surface area (Å²) in [5.74, 6) is 0.905. The van der Waals surface area contributed by atoms with Gasteiger partial charge in [0.15, 0.2) is 0 Å². The Morgan fingerprint density at radius 1 is 1.46 bits per heavy atom. The molecule has 1 saturated heterocycles. The number of carbonyl (C=O) groups is 1. The van der Waals surface area contributed by atoms with E-state index in [9.17, 15) is 4.79 Å². The molecule has 0 radical (unpaired) electrons. The highest BCUT2D eigenvalue weighted by Crippen LogP contribution is 2.24. The minimum Gasteiger partial charge on any atom is -0.387 e. The Balaban J connectivity index is 1.83. The van der Waals surface area contributed by atoms with Crippen LogP contribution < -0.4 is 11.1 Å². The zero-order valence-corrected chi connectivity index (χ0v) is 15.6. The summed E-state index contributed by atoms with van der Waals surface area (Å²) in [5.41, 5.74) is 8.00. The van der Waals surface area contributed by atoms with Crippen molar-refractivity contribution < 1.29 is 4.79 Å². The molecule has 0 spiro atoms. The predicted molar refractivity (Wildman–Crippen MR) is 103 cm³/mol. The summed E-state index contributed by atoms with van der Waals surface area (Å²) in [6, 6.07) is 5.84. The Morgan fingerprint density at radius 2 is 2.12 bits per heavy atom. The van der Waals surface area contributed by atoms with E-state index in [2.05, 4.69) is 23.3 Å². The number of urea groups is 1. The highest BCUT2D eigenvalue weighted by molar-refractivity contribution is 7.80. The number of aliphatic imine (C=N–C) groups is 1. The molecule has 1 aliphatic rings. The number of benzene rings is 1. The number of thiocarbonyl (C=S) groups is 1. The van der Waals surface area contributed by atoms with Gasteiger partial charge in [-0.25, -0.2) is 9.79 Å². The van der Waals surface area contributed by atoms with Gasteiger partial charge in [-0.05, 0) is 74.5 Å². The molecule has 1 heterocycles. The maximum atomic E-state index is 12.1. The third kappa shape index (κ3) is 5.46. The number of nitrogens with one attached hydrogen (secondary N) is 1. The first-order valence-electron chi connectivity index (χ1n) is 8.01. The molecule has 1 aliphatic heterocycles. The molecule has 0 atom stereocenters. The maximum Gasteiger partial charge on any atom is 0.323 e.